The lowest BCUT2D eigenvalue weighted by atomic mass is 9.68. The average molecular weight is 299 g/mol. The van der Waals surface area contributed by atoms with Crippen molar-refractivity contribution in [3.8, 4) is 5.75 Å². The van der Waals surface area contributed by atoms with Gasteiger partial charge < -0.3 is 10.0 Å². The molecule has 1 unspecified atom stereocenters. The molecule has 1 N–H and O–H groups in total. The number of rotatable bonds is 4. The van der Waals surface area contributed by atoms with Gasteiger partial charge in [-0.2, -0.15) is 0 Å². The largest absolute Gasteiger partial charge is 0.508 e. The van der Waals surface area contributed by atoms with Crippen molar-refractivity contribution in [2.45, 2.75) is 44.9 Å². The number of hydrogen-bond donors (Lipinski definition) is 1. The first-order chi connectivity index (χ1) is 10.6. The summed E-state index contributed by atoms with van der Waals surface area (Å²) in [5.74, 6) is 1.82. The number of benzene rings is 1. The molecule has 1 aliphatic carbocycles. The van der Waals surface area contributed by atoms with Crippen LogP contribution in [0.15, 0.2) is 36.4 Å². The number of hydrogen-bond acceptors (Lipinski definition) is 2. The van der Waals surface area contributed by atoms with Gasteiger partial charge in [0.15, 0.2) is 0 Å². The number of phenols is 1. The third kappa shape index (κ3) is 3.22. The van der Waals surface area contributed by atoms with Crippen LogP contribution >= 0.6 is 0 Å². The second-order valence-corrected chi connectivity index (χ2v) is 7.47. The normalized spacial score (nSPS) is 32.5. The number of allylic oxidation sites excluding steroid dienone is 2. The number of piperidine rings is 1. The molecule has 120 valence electrons. The van der Waals surface area contributed by atoms with Crippen molar-refractivity contribution in [2.24, 2.45) is 11.8 Å². The number of nitrogens with zero attached hydrogens (tertiary/aromatic N) is 1. The molecule has 3 rings (SSSR count). The minimum Gasteiger partial charge on any atom is -0.508 e. The SMILES string of the molecule is C[C@H]1CN(CCC2C=CCC2)CC[C@]1(C)c1cccc(O)c1. The second kappa shape index (κ2) is 6.45. The van der Waals surface area contributed by atoms with E-state index in [1.807, 2.05) is 12.1 Å². The molecular formula is C20H29NO. The molecule has 3 atom stereocenters. The smallest absolute Gasteiger partial charge is 0.115 e. The molecule has 0 radical (unpaired) electrons. The Labute approximate surface area is 134 Å². The third-order valence-corrected chi connectivity index (χ3v) is 6.00. The summed E-state index contributed by atoms with van der Waals surface area (Å²) < 4.78 is 0. The summed E-state index contributed by atoms with van der Waals surface area (Å²) in [6.45, 7) is 8.31. The number of aromatic hydroxyl groups is 1. The van der Waals surface area contributed by atoms with Gasteiger partial charge in [-0.3, -0.25) is 0 Å². The summed E-state index contributed by atoms with van der Waals surface area (Å²) in [5, 5.41) is 9.79. The van der Waals surface area contributed by atoms with Gasteiger partial charge in [0.1, 0.15) is 5.75 Å². The maximum atomic E-state index is 9.79. The summed E-state index contributed by atoms with van der Waals surface area (Å²) in [7, 11) is 0. The van der Waals surface area contributed by atoms with Gasteiger partial charge in [0.25, 0.3) is 0 Å². The molecule has 0 bridgehead atoms. The van der Waals surface area contributed by atoms with Crippen LogP contribution in [0, 0.1) is 11.8 Å². The molecule has 1 fully saturated rings. The first-order valence-corrected chi connectivity index (χ1v) is 8.76. The number of likely N-dealkylation sites (tertiary alicyclic amines) is 1. The summed E-state index contributed by atoms with van der Waals surface area (Å²) in [6, 6.07) is 7.87. The molecule has 0 amide bonds. The molecule has 22 heavy (non-hydrogen) atoms. The topological polar surface area (TPSA) is 23.5 Å². The Bertz CT molecular complexity index is 538. The molecule has 2 aliphatic rings. The van der Waals surface area contributed by atoms with Crippen molar-refractivity contribution in [2.75, 3.05) is 19.6 Å². The lowest BCUT2D eigenvalue weighted by Gasteiger charge is -2.45. The van der Waals surface area contributed by atoms with Crippen LogP contribution in [0.4, 0.5) is 0 Å². The van der Waals surface area contributed by atoms with Crippen LogP contribution in [0.3, 0.4) is 0 Å². The fourth-order valence-electron chi connectivity index (χ4n) is 4.09. The lowest BCUT2D eigenvalue weighted by molar-refractivity contribution is 0.107. The summed E-state index contributed by atoms with van der Waals surface area (Å²) >= 11 is 0. The highest BCUT2D eigenvalue weighted by molar-refractivity contribution is 5.33. The van der Waals surface area contributed by atoms with Crippen molar-refractivity contribution in [3.05, 3.63) is 42.0 Å². The molecule has 1 saturated heterocycles. The third-order valence-electron chi connectivity index (χ3n) is 6.00. The highest BCUT2D eigenvalue weighted by Gasteiger charge is 2.38. The monoisotopic (exact) mass is 299 g/mol. The highest BCUT2D eigenvalue weighted by Crippen LogP contribution is 2.40. The fourth-order valence-corrected chi connectivity index (χ4v) is 4.09. The van der Waals surface area contributed by atoms with Crippen LogP contribution < -0.4 is 0 Å². The van der Waals surface area contributed by atoms with E-state index < -0.39 is 0 Å². The zero-order valence-corrected chi connectivity index (χ0v) is 14.0. The van der Waals surface area contributed by atoms with Crippen molar-refractivity contribution in [1.82, 2.24) is 4.90 Å². The maximum absolute atomic E-state index is 9.79. The Balaban J connectivity index is 1.60. The van der Waals surface area contributed by atoms with Crippen molar-refractivity contribution in [1.29, 1.82) is 0 Å². The molecule has 1 aliphatic heterocycles. The molecule has 0 aromatic heterocycles. The maximum Gasteiger partial charge on any atom is 0.115 e. The fraction of sp³-hybridized carbons (Fsp3) is 0.600. The van der Waals surface area contributed by atoms with E-state index in [9.17, 15) is 5.11 Å². The minimum absolute atomic E-state index is 0.183. The van der Waals surface area contributed by atoms with E-state index in [1.54, 1.807) is 6.07 Å². The quantitative estimate of drug-likeness (QED) is 0.836. The van der Waals surface area contributed by atoms with Crippen LogP contribution in [-0.4, -0.2) is 29.6 Å². The Morgan fingerprint density at radius 2 is 2.23 bits per heavy atom. The summed E-state index contributed by atoms with van der Waals surface area (Å²) in [4.78, 5) is 2.64. The zero-order chi connectivity index (χ0) is 15.6. The van der Waals surface area contributed by atoms with Crippen LogP contribution in [-0.2, 0) is 5.41 Å². The molecule has 0 spiro atoms. The van der Waals surface area contributed by atoms with Gasteiger partial charge in [0.2, 0.25) is 0 Å². The molecular weight excluding hydrogens is 270 g/mol. The first-order valence-electron chi connectivity index (χ1n) is 8.76. The van der Waals surface area contributed by atoms with E-state index >= 15 is 0 Å². The minimum atomic E-state index is 0.183. The van der Waals surface area contributed by atoms with Crippen molar-refractivity contribution < 1.29 is 5.11 Å². The van der Waals surface area contributed by atoms with Crippen molar-refractivity contribution >= 4 is 0 Å². The van der Waals surface area contributed by atoms with Crippen LogP contribution in [0.5, 0.6) is 5.75 Å². The van der Waals surface area contributed by atoms with Crippen LogP contribution in [0.25, 0.3) is 0 Å². The summed E-state index contributed by atoms with van der Waals surface area (Å²) in [5.41, 5.74) is 1.47. The van der Waals surface area contributed by atoms with Gasteiger partial charge in [-0.15, -0.1) is 0 Å². The molecule has 2 heteroatoms. The highest BCUT2D eigenvalue weighted by atomic mass is 16.3. The van der Waals surface area contributed by atoms with E-state index in [0.717, 1.165) is 5.92 Å². The Hall–Kier alpha value is -1.28. The Kier molecular flexibility index (Phi) is 4.58. The van der Waals surface area contributed by atoms with Gasteiger partial charge in [0.05, 0.1) is 0 Å². The van der Waals surface area contributed by atoms with E-state index in [0.29, 0.717) is 11.7 Å². The zero-order valence-electron chi connectivity index (χ0n) is 14.0. The standard InChI is InChI=1S/C20H29NO/c1-16-15-21(12-10-17-6-3-4-7-17)13-11-20(16,2)18-8-5-9-19(22)14-18/h3,5-6,8-9,14,16-17,22H,4,7,10-13,15H2,1-2H3/t16-,17?,20-/m0/s1. The number of phenolic OH excluding ortho intramolecular Hbond substituents is 1. The average Bonchev–Trinajstić information content (AvgIpc) is 3.02. The van der Waals surface area contributed by atoms with Gasteiger partial charge >= 0.3 is 0 Å². The van der Waals surface area contributed by atoms with Gasteiger partial charge in [-0.25, -0.2) is 0 Å². The predicted octanol–water partition coefficient (Wildman–Crippen LogP) is 4.35. The van der Waals surface area contributed by atoms with E-state index in [2.05, 4.69) is 37.0 Å². The van der Waals surface area contributed by atoms with Crippen LogP contribution in [0.1, 0.15) is 45.1 Å². The van der Waals surface area contributed by atoms with Gasteiger partial charge in [-0.05, 0) is 73.7 Å². The van der Waals surface area contributed by atoms with Gasteiger partial charge in [-0.1, -0.05) is 38.1 Å². The molecule has 2 nitrogen and oxygen atoms in total. The molecule has 1 aromatic rings. The Morgan fingerprint density at radius 1 is 1.36 bits per heavy atom. The molecule has 1 aromatic carbocycles. The van der Waals surface area contributed by atoms with Crippen LogP contribution in [0.2, 0.25) is 0 Å². The second-order valence-electron chi connectivity index (χ2n) is 7.47. The Morgan fingerprint density at radius 3 is 2.91 bits per heavy atom. The van der Waals surface area contributed by atoms with E-state index in [1.165, 1.54) is 50.9 Å². The molecule has 0 saturated carbocycles. The first kappa shape index (κ1) is 15.6. The summed E-state index contributed by atoms with van der Waals surface area (Å²) in [6.07, 6.45) is 9.86. The van der Waals surface area contributed by atoms with E-state index in [-0.39, 0.29) is 5.41 Å². The molecule has 1 heterocycles. The lowest BCUT2D eigenvalue weighted by Crippen LogP contribution is -2.47. The van der Waals surface area contributed by atoms with Crippen molar-refractivity contribution in [3.63, 3.8) is 0 Å². The predicted molar refractivity (Wildman–Crippen MR) is 92.2 cm³/mol. The van der Waals surface area contributed by atoms with Gasteiger partial charge in [0, 0.05) is 6.54 Å². The van der Waals surface area contributed by atoms with E-state index in [4.69, 9.17) is 0 Å².